The number of carbonyl (C=O) groups is 3. The number of carbonyl (C=O) groups excluding carboxylic acids is 3. The molecule has 0 aliphatic heterocycles. The summed E-state index contributed by atoms with van der Waals surface area (Å²) in [5.41, 5.74) is 0.436. The fourth-order valence-electron chi connectivity index (χ4n) is 2.21. The lowest BCUT2D eigenvalue weighted by atomic mass is 10.1. The molecule has 8 heteroatoms. The first-order chi connectivity index (χ1) is 13.0. The predicted octanol–water partition coefficient (Wildman–Crippen LogP) is 2.29. The summed E-state index contributed by atoms with van der Waals surface area (Å²) in [6, 6.07) is 10.9. The van der Waals surface area contributed by atoms with Crippen LogP contribution in [0.25, 0.3) is 0 Å². The Hall–Kier alpha value is -3.55. The van der Waals surface area contributed by atoms with Crippen LogP contribution in [0, 0.1) is 0 Å². The molecule has 0 spiro atoms. The fraction of sp³-hybridized carbons (Fsp3) is 0.211. The average Bonchev–Trinajstić information content (AvgIpc) is 2.70. The third-order valence-corrected chi connectivity index (χ3v) is 3.47. The first kappa shape index (κ1) is 19.8. The van der Waals surface area contributed by atoms with Crippen LogP contribution in [0.5, 0.6) is 11.5 Å². The van der Waals surface area contributed by atoms with Crippen molar-refractivity contribution in [1.82, 2.24) is 0 Å². The van der Waals surface area contributed by atoms with Crippen LogP contribution in [-0.2, 0) is 14.3 Å². The second-order valence-electron chi connectivity index (χ2n) is 5.30. The SMILES string of the molecule is COC(=O)c1cc(NC(=O)COc2cccc(OC)c2)cc(C(=O)OC)c1. The number of hydrogen-bond acceptors (Lipinski definition) is 7. The molecule has 1 N–H and O–H groups in total. The van der Waals surface area contributed by atoms with Gasteiger partial charge in [-0.25, -0.2) is 9.59 Å². The normalized spacial score (nSPS) is 9.89. The van der Waals surface area contributed by atoms with E-state index in [0.717, 1.165) is 0 Å². The monoisotopic (exact) mass is 373 g/mol. The molecule has 0 saturated heterocycles. The molecule has 142 valence electrons. The maximum Gasteiger partial charge on any atom is 0.337 e. The van der Waals surface area contributed by atoms with E-state index in [2.05, 4.69) is 14.8 Å². The van der Waals surface area contributed by atoms with Gasteiger partial charge in [-0.1, -0.05) is 6.07 Å². The van der Waals surface area contributed by atoms with Crippen molar-refractivity contribution in [2.24, 2.45) is 0 Å². The molecule has 0 heterocycles. The summed E-state index contributed by atoms with van der Waals surface area (Å²) < 4.78 is 19.8. The highest BCUT2D eigenvalue weighted by Gasteiger charge is 2.15. The molecule has 0 bridgehead atoms. The van der Waals surface area contributed by atoms with Gasteiger partial charge in [0.1, 0.15) is 11.5 Å². The number of anilines is 1. The molecule has 2 aromatic rings. The zero-order valence-electron chi connectivity index (χ0n) is 15.1. The second-order valence-corrected chi connectivity index (χ2v) is 5.30. The minimum absolute atomic E-state index is 0.101. The van der Waals surface area contributed by atoms with E-state index < -0.39 is 17.8 Å². The maximum absolute atomic E-state index is 12.1. The van der Waals surface area contributed by atoms with Crippen LogP contribution >= 0.6 is 0 Å². The molecule has 0 saturated carbocycles. The minimum Gasteiger partial charge on any atom is -0.497 e. The lowest BCUT2D eigenvalue weighted by Crippen LogP contribution is -2.21. The molecule has 8 nitrogen and oxygen atoms in total. The fourth-order valence-corrected chi connectivity index (χ4v) is 2.21. The molecule has 1 amide bonds. The van der Waals surface area contributed by atoms with E-state index in [1.165, 1.54) is 39.5 Å². The number of hydrogen-bond donors (Lipinski definition) is 1. The molecule has 0 aliphatic rings. The van der Waals surface area contributed by atoms with Crippen LogP contribution in [0.1, 0.15) is 20.7 Å². The zero-order chi connectivity index (χ0) is 19.8. The van der Waals surface area contributed by atoms with Gasteiger partial charge in [0, 0.05) is 11.8 Å². The largest absolute Gasteiger partial charge is 0.497 e. The van der Waals surface area contributed by atoms with Crippen LogP contribution in [0.15, 0.2) is 42.5 Å². The maximum atomic E-state index is 12.1. The summed E-state index contributed by atoms with van der Waals surface area (Å²) >= 11 is 0. The third kappa shape index (κ3) is 5.46. The number of nitrogens with one attached hydrogen (secondary N) is 1. The summed E-state index contributed by atoms with van der Waals surface area (Å²) in [6.45, 7) is -0.275. The van der Waals surface area contributed by atoms with Gasteiger partial charge in [0.15, 0.2) is 6.61 Å². The van der Waals surface area contributed by atoms with Gasteiger partial charge >= 0.3 is 11.9 Å². The van der Waals surface area contributed by atoms with Crippen LogP contribution in [-0.4, -0.2) is 45.8 Å². The Bertz CT molecular complexity index is 813. The van der Waals surface area contributed by atoms with E-state index in [0.29, 0.717) is 11.5 Å². The number of benzene rings is 2. The summed E-state index contributed by atoms with van der Waals surface area (Å²) in [5, 5.41) is 2.57. The number of rotatable bonds is 7. The molecule has 0 fully saturated rings. The topological polar surface area (TPSA) is 100 Å². The lowest BCUT2D eigenvalue weighted by molar-refractivity contribution is -0.118. The minimum atomic E-state index is -0.649. The van der Waals surface area contributed by atoms with E-state index in [9.17, 15) is 14.4 Å². The van der Waals surface area contributed by atoms with E-state index in [1.807, 2.05) is 0 Å². The quantitative estimate of drug-likeness (QED) is 0.743. The van der Waals surface area contributed by atoms with Gasteiger partial charge in [-0.05, 0) is 30.3 Å². The highest BCUT2D eigenvalue weighted by atomic mass is 16.5. The molecule has 0 atom stereocenters. The average molecular weight is 373 g/mol. The zero-order valence-corrected chi connectivity index (χ0v) is 15.1. The van der Waals surface area contributed by atoms with Crippen LogP contribution in [0.3, 0.4) is 0 Å². The molecular formula is C19H19NO7. The van der Waals surface area contributed by atoms with Crippen molar-refractivity contribution >= 4 is 23.5 Å². The molecule has 0 aliphatic carbocycles. The predicted molar refractivity (Wildman–Crippen MR) is 96.2 cm³/mol. The first-order valence-corrected chi connectivity index (χ1v) is 7.85. The van der Waals surface area contributed by atoms with Crippen LogP contribution < -0.4 is 14.8 Å². The summed E-state index contributed by atoms with van der Waals surface area (Å²) in [7, 11) is 3.96. The van der Waals surface area contributed by atoms with E-state index in [4.69, 9.17) is 9.47 Å². The van der Waals surface area contributed by atoms with E-state index in [1.54, 1.807) is 24.3 Å². The highest BCUT2D eigenvalue weighted by Crippen LogP contribution is 2.19. The van der Waals surface area contributed by atoms with E-state index >= 15 is 0 Å². The number of ether oxygens (including phenoxy) is 4. The van der Waals surface area contributed by atoms with Crippen molar-refractivity contribution in [3.05, 3.63) is 53.6 Å². The Morgan fingerprint density at radius 2 is 1.44 bits per heavy atom. The van der Waals surface area contributed by atoms with Gasteiger partial charge in [-0.3, -0.25) is 4.79 Å². The van der Waals surface area contributed by atoms with Gasteiger partial charge in [-0.2, -0.15) is 0 Å². The number of methoxy groups -OCH3 is 3. The van der Waals surface area contributed by atoms with E-state index in [-0.39, 0.29) is 23.4 Å². The smallest absolute Gasteiger partial charge is 0.337 e. The summed E-state index contributed by atoms with van der Waals surface area (Å²) in [6.07, 6.45) is 0. The highest BCUT2D eigenvalue weighted by molar-refractivity contribution is 5.99. The molecule has 2 rings (SSSR count). The molecule has 0 aromatic heterocycles. The second kappa shape index (κ2) is 9.23. The van der Waals surface area contributed by atoms with Crippen molar-refractivity contribution in [3.8, 4) is 11.5 Å². The van der Waals surface area contributed by atoms with Crippen molar-refractivity contribution in [2.75, 3.05) is 33.3 Å². The van der Waals surface area contributed by atoms with Crippen LogP contribution in [0.4, 0.5) is 5.69 Å². The van der Waals surface area contributed by atoms with Crippen LogP contribution in [0.2, 0.25) is 0 Å². The molecular weight excluding hydrogens is 354 g/mol. The lowest BCUT2D eigenvalue weighted by Gasteiger charge is -2.11. The standard InChI is InChI=1S/C19H19NO7/c1-24-15-5-4-6-16(10-15)27-11-17(21)20-14-8-12(18(22)25-2)7-13(9-14)19(23)26-3/h4-10H,11H2,1-3H3,(H,20,21). The number of amides is 1. The summed E-state index contributed by atoms with van der Waals surface area (Å²) in [4.78, 5) is 35.7. The van der Waals surface area contributed by atoms with Gasteiger partial charge in [0.05, 0.1) is 32.5 Å². The molecule has 2 aromatic carbocycles. The first-order valence-electron chi connectivity index (χ1n) is 7.85. The Kier molecular flexibility index (Phi) is 6.76. The Morgan fingerprint density at radius 1 is 0.852 bits per heavy atom. The van der Waals surface area contributed by atoms with Crippen molar-refractivity contribution in [2.45, 2.75) is 0 Å². The van der Waals surface area contributed by atoms with Gasteiger partial charge in [0.2, 0.25) is 0 Å². The Labute approximate surface area is 156 Å². The van der Waals surface area contributed by atoms with Gasteiger partial charge in [0.25, 0.3) is 5.91 Å². The molecule has 0 unspecified atom stereocenters. The van der Waals surface area contributed by atoms with Crippen molar-refractivity contribution < 1.29 is 33.3 Å². The third-order valence-electron chi connectivity index (χ3n) is 3.47. The molecule has 27 heavy (non-hydrogen) atoms. The van der Waals surface area contributed by atoms with Gasteiger partial charge in [-0.15, -0.1) is 0 Å². The van der Waals surface area contributed by atoms with Gasteiger partial charge < -0.3 is 24.3 Å². The Balaban J connectivity index is 2.11. The number of esters is 2. The summed E-state index contributed by atoms with van der Waals surface area (Å²) in [5.74, 6) is -0.715. The molecule has 0 radical (unpaired) electrons. The van der Waals surface area contributed by atoms with Crippen molar-refractivity contribution in [1.29, 1.82) is 0 Å². The Morgan fingerprint density at radius 3 is 2.00 bits per heavy atom. The van der Waals surface area contributed by atoms with Crippen molar-refractivity contribution in [3.63, 3.8) is 0 Å².